The second kappa shape index (κ2) is 11.4. The lowest BCUT2D eigenvalue weighted by Crippen LogP contribution is -2.06. The number of hydrogen-bond acceptors (Lipinski definition) is 4. The number of furan rings is 1. The second-order valence-corrected chi connectivity index (χ2v) is 12.5. The van der Waals surface area contributed by atoms with E-state index in [0.29, 0.717) is 17.6 Å². The highest BCUT2D eigenvalue weighted by Gasteiger charge is 2.20. The lowest BCUT2D eigenvalue weighted by atomic mass is 10.0. The van der Waals surface area contributed by atoms with Crippen LogP contribution in [0, 0.1) is 0 Å². The molecule has 0 N–H and O–H groups in total. The van der Waals surface area contributed by atoms with Gasteiger partial charge in [-0.25, -0.2) is 4.98 Å². The van der Waals surface area contributed by atoms with Crippen molar-refractivity contribution in [1.82, 2.24) is 19.5 Å². The SMILES string of the molecule is c1ccc(-c2cccc(-c3nc(-c4cccc(-c5ccccc5)c4)nc(-n4c5ccccc5c5cc6c(cc54)oc4ccccc46)n3)c2)cc1. The first kappa shape index (κ1) is 28.2. The molecular weight excluding hydrogens is 613 g/mol. The first-order valence-electron chi connectivity index (χ1n) is 16.7. The van der Waals surface area contributed by atoms with Gasteiger partial charge in [0.1, 0.15) is 11.2 Å². The molecule has 10 rings (SSSR count). The zero-order valence-corrected chi connectivity index (χ0v) is 26.9. The Hall–Kier alpha value is -6.85. The van der Waals surface area contributed by atoms with Crippen molar-refractivity contribution in [2.24, 2.45) is 0 Å². The first-order chi connectivity index (χ1) is 24.8. The van der Waals surface area contributed by atoms with Gasteiger partial charge in [0.15, 0.2) is 11.6 Å². The minimum Gasteiger partial charge on any atom is -0.456 e. The van der Waals surface area contributed by atoms with Crippen molar-refractivity contribution in [3.05, 3.63) is 170 Å². The average Bonchev–Trinajstić information content (AvgIpc) is 3.72. The number of aromatic nitrogens is 4. The van der Waals surface area contributed by atoms with E-state index in [0.717, 1.165) is 77.1 Å². The van der Waals surface area contributed by atoms with Gasteiger partial charge in [0.2, 0.25) is 5.95 Å². The molecule has 0 saturated heterocycles. The van der Waals surface area contributed by atoms with Crippen molar-refractivity contribution in [2.45, 2.75) is 0 Å². The summed E-state index contributed by atoms with van der Waals surface area (Å²) in [7, 11) is 0. The fourth-order valence-electron chi connectivity index (χ4n) is 7.06. The molecule has 7 aromatic carbocycles. The highest BCUT2D eigenvalue weighted by Crippen LogP contribution is 2.38. The maximum absolute atomic E-state index is 6.38. The third kappa shape index (κ3) is 4.67. The van der Waals surface area contributed by atoms with Crippen molar-refractivity contribution < 1.29 is 4.42 Å². The van der Waals surface area contributed by atoms with Crippen molar-refractivity contribution in [3.8, 4) is 51.0 Å². The number of para-hydroxylation sites is 2. The zero-order valence-electron chi connectivity index (χ0n) is 26.9. The van der Waals surface area contributed by atoms with E-state index in [-0.39, 0.29) is 0 Å². The van der Waals surface area contributed by atoms with Gasteiger partial charge in [0, 0.05) is 38.7 Å². The number of hydrogen-bond donors (Lipinski definition) is 0. The molecule has 5 heteroatoms. The van der Waals surface area contributed by atoms with Gasteiger partial charge in [0.05, 0.1) is 11.0 Å². The number of fused-ring (bicyclic) bond motifs is 6. The van der Waals surface area contributed by atoms with Gasteiger partial charge in [0.25, 0.3) is 0 Å². The van der Waals surface area contributed by atoms with Gasteiger partial charge < -0.3 is 4.42 Å². The largest absolute Gasteiger partial charge is 0.456 e. The molecule has 0 aliphatic rings. The number of rotatable bonds is 5. The van der Waals surface area contributed by atoms with E-state index in [1.54, 1.807) is 0 Å². The minimum absolute atomic E-state index is 0.543. The van der Waals surface area contributed by atoms with Crippen LogP contribution in [0.2, 0.25) is 0 Å². The van der Waals surface area contributed by atoms with Gasteiger partial charge >= 0.3 is 0 Å². The Morgan fingerprint density at radius 3 is 1.54 bits per heavy atom. The summed E-state index contributed by atoms with van der Waals surface area (Å²) in [5.74, 6) is 1.74. The molecule has 0 bridgehead atoms. The van der Waals surface area contributed by atoms with Gasteiger partial charge in [-0.05, 0) is 52.6 Å². The fourth-order valence-corrected chi connectivity index (χ4v) is 7.06. The summed E-state index contributed by atoms with van der Waals surface area (Å²) in [4.78, 5) is 15.6. The Labute approximate surface area is 287 Å². The van der Waals surface area contributed by atoms with Gasteiger partial charge in [-0.2, -0.15) is 9.97 Å². The standard InChI is InChI=1S/C45H28N4O/c1-3-13-29(14-4-1)31-17-11-19-33(25-31)43-46-44(34-20-12-18-32(26-34)30-15-5-2-6-16-30)48-45(47-43)49-39-23-9-7-21-35(39)37-27-38-36-22-8-10-24-41(36)50-42(38)28-40(37)49/h1-28H. The molecule has 0 radical (unpaired) electrons. The maximum atomic E-state index is 6.38. The Balaban J connectivity index is 1.24. The Morgan fingerprint density at radius 1 is 0.340 bits per heavy atom. The summed E-state index contributed by atoms with van der Waals surface area (Å²) >= 11 is 0. The monoisotopic (exact) mass is 640 g/mol. The van der Waals surface area contributed by atoms with Crippen LogP contribution in [0.1, 0.15) is 0 Å². The summed E-state index contributed by atoms with van der Waals surface area (Å²) in [6.07, 6.45) is 0. The normalized spacial score (nSPS) is 11.6. The summed E-state index contributed by atoms with van der Waals surface area (Å²) in [6.45, 7) is 0. The first-order valence-corrected chi connectivity index (χ1v) is 16.7. The molecule has 0 amide bonds. The molecule has 10 aromatic rings. The summed E-state index contributed by atoms with van der Waals surface area (Å²) in [6, 6.07) is 58.6. The van der Waals surface area contributed by atoms with Crippen LogP contribution in [0.4, 0.5) is 0 Å². The predicted octanol–water partition coefficient (Wildman–Crippen LogP) is 11.5. The van der Waals surface area contributed by atoms with E-state index in [1.807, 2.05) is 24.3 Å². The smallest absolute Gasteiger partial charge is 0.238 e. The van der Waals surface area contributed by atoms with Crippen LogP contribution in [0.25, 0.3) is 94.7 Å². The fraction of sp³-hybridized carbons (Fsp3) is 0. The second-order valence-electron chi connectivity index (χ2n) is 12.5. The maximum Gasteiger partial charge on any atom is 0.238 e. The Morgan fingerprint density at radius 2 is 0.880 bits per heavy atom. The zero-order chi connectivity index (χ0) is 33.0. The molecule has 0 atom stereocenters. The quantitative estimate of drug-likeness (QED) is 0.188. The van der Waals surface area contributed by atoms with E-state index >= 15 is 0 Å². The van der Waals surface area contributed by atoms with Crippen molar-refractivity contribution >= 4 is 43.7 Å². The van der Waals surface area contributed by atoms with Crippen molar-refractivity contribution in [3.63, 3.8) is 0 Å². The van der Waals surface area contributed by atoms with E-state index in [2.05, 4.69) is 150 Å². The molecule has 3 heterocycles. The predicted molar refractivity (Wildman–Crippen MR) is 203 cm³/mol. The number of benzene rings is 7. The molecule has 234 valence electrons. The highest BCUT2D eigenvalue weighted by molar-refractivity contribution is 6.17. The van der Waals surface area contributed by atoms with Gasteiger partial charge in [-0.1, -0.05) is 133 Å². The third-order valence-corrected chi connectivity index (χ3v) is 9.45. The van der Waals surface area contributed by atoms with Gasteiger partial charge in [-0.3, -0.25) is 4.57 Å². The molecule has 5 nitrogen and oxygen atoms in total. The molecule has 0 unspecified atom stereocenters. The molecule has 0 aliphatic carbocycles. The molecule has 3 aromatic heterocycles. The van der Waals surface area contributed by atoms with Crippen LogP contribution in [0.3, 0.4) is 0 Å². The van der Waals surface area contributed by atoms with Gasteiger partial charge in [-0.15, -0.1) is 0 Å². The molecular formula is C45H28N4O. The van der Waals surface area contributed by atoms with E-state index in [1.165, 1.54) is 0 Å². The van der Waals surface area contributed by atoms with Crippen molar-refractivity contribution in [1.29, 1.82) is 0 Å². The Bertz CT molecular complexity index is 2770. The van der Waals surface area contributed by atoms with Crippen LogP contribution >= 0.6 is 0 Å². The van der Waals surface area contributed by atoms with E-state index < -0.39 is 0 Å². The van der Waals surface area contributed by atoms with Crippen LogP contribution in [-0.4, -0.2) is 19.5 Å². The molecule has 50 heavy (non-hydrogen) atoms. The molecule has 0 saturated carbocycles. The molecule has 0 aliphatic heterocycles. The summed E-state index contributed by atoms with van der Waals surface area (Å²) < 4.78 is 8.52. The minimum atomic E-state index is 0.543. The lowest BCUT2D eigenvalue weighted by molar-refractivity contribution is 0.669. The Kier molecular flexibility index (Phi) is 6.42. The number of nitrogens with zero attached hydrogens (tertiary/aromatic N) is 4. The topological polar surface area (TPSA) is 56.7 Å². The molecule has 0 fully saturated rings. The van der Waals surface area contributed by atoms with Crippen LogP contribution in [-0.2, 0) is 0 Å². The summed E-state index contributed by atoms with van der Waals surface area (Å²) in [5, 5.41) is 4.42. The third-order valence-electron chi connectivity index (χ3n) is 9.45. The average molecular weight is 641 g/mol. The van der Waals surface area contributed by atoms with E-state index in [9.17, 15) is 0 Å². The van der Waals surface area contributed by atoms with E-state index in [4.69, 9.17) is 19.4 Å². The molecule has 0 spiro atoms. The van der Waals surface area contributed by atoms with Crippen LogP contribution in [0.5, 0.6) is 0 Å². The highest BCUT2D eigenvalue weighted by atomic mass is 16.3. The van der Waals surface area contributed by atoms with Crippen LogP contribution in [0.15, 0.2) is 174 Å². The lowest BCUT2D eigenvalue weighted by Gasteiger charge is -2.12. The van der Waals surface area contributed by atoms with Crippen molar-refractivity contribution in [2.75, 3.05) is 0 Å². The van der Waals surface area contributed by atoms with Crippen LogP contribution < -0.4 is 0 Å². The summed E-state index contributed by atoms with van der Waals surface area (Å²) in [5.41, 5.74) is 9.97.